The van der Waals surface area contributed by atoms with Gasteiger partial charge in [-0.2, -0.15) is 5.10 Å². The summed E-state index contributed by atoms with van der Waals surface area (Å²) in [6.45, 7) is 4.44. The van der Waals surface area contributed by atoms with Gasteiger partial charge in [-0.1, -0.05) is 37.3 Å². The van der Waals surface area contributed by atoms with Gasteiger partial charge in [0.1, 0.15) is 5.69 Å². The van der Waals surface area contributed by atoms with Gasteiger partial charge in [-0.15, -0.1) is 0 Å². The van der Waals surface area contributed by atoms with Crippen LogP contribution in [0.3, 0.4) is 0 Å². The Morgan fingerprint density at radius 1 is 0.958 bits per heavy atom. The number of nitrogens with one attached hydrogen (secondary N) is 2. The molecule has 11 heteroatoms. The number of methoxy groups -OCH3 is 1. The number of fused-ring (bicyclic) bond motifs is 1. The molecule has 2 amide bonds. The summed E-state index contributed by atoms with van der Waals surface area (Å²) in [6.07, 6.45) is 9.50. The number of H-pyrrole nitrogens is 1. The highest BCUT2D eigenvalue weighted by molar-refractivity contribution is 6.01. The van der Waals surface area contributed by atoms with Crippen molar-refractivity contribution in [3.63, 3.8) is 0 Å². The van der Waals surface area contributed by atoms with Gasteiger partial charge in [0.15, 0.2) is 11.4 Å². The molecule has 2 aliphatic heterocycles. The van der Waals surface area contributed by atoms with Gasteiger partial charge in [0.2, 0.25) is 5.91 Å². The predicted octanol–water partition coefficient (Wildman–Crippen LogP) is 4.99. The summed E-state index contributed by atoms with van der Waals surface area (Å²) < 4.78 is 5.86. The number of aromatic amines is 1. The minimum absolute atomic E-state index is 0.0504. The first-order valence-electron chi connectivity index (χ1n) is 16.3. The fourth-order valence-electron chi connectivity index (χ4n) is 6.54. The number of amides is 2. The number of aromatic nitrogens is 5. The maximum atomic E-state index is 13.7. The number of ether oxygens (including phenoxy) is 1. The summed E-state index contributed by atoms with van der Waals surface area (Å²) >= 11 is 0. The van der Waals surface area contributed by atoms with Crippen LogP contribution in [-0.2, 0) is 20.7 Å². The summed E-state index contributed by atoms with van der Waals surface area (Å²) in [4.78, 5) is 44.0. The average molecular weight is 643 g/mol. The van der Waals surface area contributed by atoms with Crippen molar-refractivity contribution in [3.05, 3.63) is 96.6 Å². The Morgan fingerprint density at radius 3 is 2.52 bits per heavy atom. The number of nitrogens with zero attached hydrogens (tertiary/aromatic N) is 6. The van der Waals surface area contributed by atoms with Crippen molar-refractivity contribution in [3.8, 4) is 22.6 Å². The normalized spacial score (nSPS) is 18.2. The van der Waals surface area contributed by atoms with E-state index in [-0.39, 0.29) is 18.4 Å². The van der Waals surface area contributed by atoms with E-state index in [2.05, 4.69) is 55.6 Å². The predicted molar refractivity (Wildman–Crippen MR) is 185 cm³/mol. The Kier molecular flexibility index (Phi) is 8.79. The van der Waals surface area contributed by atoms with Crippen LogP contribution in [0.25, 0.3) is 39.1 Å². The standard InChI is InChI=1S/C37H38N8O3/c1-3-29-21-28(11-17-38-29)34-31-22-30(9-10-32(31)42-43-34)41-36(47)37(48-2)14-20-44(24-37)23-33(46)45-18-12-26(13-19-45)25-5-7-27(8-6-25)35-39-15-4-16-40-35/h4-12,15-17,21-22H,3,13-14,18-20,23-24H2,1-2H3,(H,41,47)(H,42,43)/t37-/m0/s1. The Balaban J connectivity index is 0.964. The molecule has 11 nitrogen and oxygen atoms in total. The van der Waals surface area contributed by atoms with Crippen LogP contribution in [0.5, 0.6) is 0 Å². The lowest BCUT2D eigenvalue weighted by molar-refractivity contribution is -0.138. The summed E-state index contributed by atoms with van der Waals surface area (Å²) in [5, 5.41) is 11.6. The third-order valence-electron chi connectivity index (χ3n) is 9.39. The molecule has 0 saturated carbocycles. The van der Waals surface area contributed by atoms with E-state index in [1.165, 1.54) is 5.57 Å². The van der Waals surface area contributed by atoms with Crippen molar-refractivity contribution >= 4 is 34.0 Å². The third kappa shape index (κ3) is 6.34. The number of carbonyl (C=O) groups is 2. The zero-order valence-electron chi connectivity index (χ0n) is 27.1. The molecule has 0 bridgehead atoms. The first-order chi connectivity index (χ1) is 23.4. The quantitative estimate of drug-likeness (QED) is 0.230. The number of hydrogen-bond acceptors (Lipinski definition) is 8. The molecule has 1 saturated heterocycles. The number of likely N-dealkylation sites (tertiary alicyclic amines) is 1. The SMILES string of the molecule is CCc1cc(-c2n[nH]c3ccc(NC(=O)[C@]4(OC)CCN(CC(=O)N5CC=C(c6ccc(-c7ncccn7)cc6)CC5)C4)cc23)ccn1. The fourth-order valence-corrected chi connectivity index (χ4v) is 6.54. The van der Waals surface area contributed by atoms with Crippen LogP contribution >= 0.6 is 0 Å². The highest BCUT2D eigenvalue weighted by atomic mass is 16.5. The molecule has 244 valence electrons. The van der Waals surface area contributed by atoms with Crippen LogP contribution < -0.4 is 5.32 Å². The van der Waals surface area contributed by atoms with E-state index in [1.807, 2.05) is 52.3 Å². The van der Waals surface area contributed by atoms with E-state index in [4.69, 9.17) is 4.74 Å². The molecular weight excluding hydrogens is 604 g/mol. The van der Waals surface area contributed by atoms with E-state index in [0.717, 1.165) is 51.8 Å². The molecule has 1 fully saturated rings. The highest BCUT2D eigenvalue weighted by Crippen LogP contribution is 2.31. The number of hydrogen-bond donors (Lipinski definition) is 2. The van der Waals surface area contributed by atoms with Gasteiger partial charge < -0.3 is 15.0 Å². The first-order valence-corrected chi connectivity index (χ1v) is 16.3. The molecular formula is C37H38N8O3. The summed E-state index contributed by atoms with van der Waals surface area (Å²) in [6, 6.07) is 19.7. The number of benzene rings is 2. The maximum Gasteiger partial charge on any atom is 0.258 e. The molecule has 3 aromatic heterocycles. The topological polar surface area (TPSA) is 129 Å². The highest BCUT2D eigenvalue weighted by Gasteiger charge is 2.45. The van der Waals surface area contributed by atoms with Crippen molar-refractivity contribution in [1.82, 2.24) is 34.9 Å². The van der Waals surface area contributed by atoms with Crippen molar-refractivity contribution < 1.29 is 14.3 Å². The fraction of sp³-hybridized carbons (Fsp3) is 0.297. The van der Waals surface area contributed by atoms with Crippen molar-refractivity contribution in [2.24, 2.45) is 0 Å². The van der Waals surface area contributed by atoms with E-state index in [9.17, 15) is 9.59 Å². The first kappa shape index (κ1) is 31.3. The van der Waals surface area contributed by atoms with E-state index < -0.39 is 5.60 Å². The number of aryl methyl sites for hydroxylation is 1. The number of anilines is 1. The molecule has 48 heavy (non-hydrogen) atoms. The average Bonchev–Trinajstić information content (AvgIpc) is 3.77. The van der Waals surface area contributed by atoms with E-state index in [0.29, 0.717) is 44.1 Å². The number of pyridine rings is 1. The van der Waals surface area contributed by atoms with Crippen molar-refractivity contribution in [1.29, 1.82) is 0 Å². The lowest BCUT2D eigenvalue weighted by atomic mass is 9.98. The molecule has 0 radical (unpaired) electrons. The largest absolute Gasteiger partial charge is 0.367 e. The van der Waals surface area contributed by atoms with Gasteiger partial charge in [0, 0.05) is 79.8 Å². The summed E-state index contributed by atoms with van der Waals surface area (Å²) in [5.41, 5.74) is 6.58. The van der Waals surface area contributed by atoms with Gasteiger partial charge in [-0.05, 0) is 66.8 Å². The molecule has 5 heterocycles. The molecule has 7 rings (SSSR count). The summed E-state index contributed by atoms with van der Waals surface area (Å²) in [5.74, 6) is 0.526. The third-order valence-corrected chi connectivity index (χ3v) is 9.39. The molecule has 5 aromatic rings. The number of rotatable bonds is 9. The zero-order chi connectivity index (χ0) is 33.1. The van der Waals surface area contributed by atoms with Crippen molar-refractivity contribution in [2.75, 3.05) is 45.2 Å². The molecule has 1 atom stereocenters. The minimum atomic E-state index is -1.05. The van der Waals surface area contributed by atoms with E-state index >= 15 is 0 Å². The summed E-state index contributed by atoms with van der Waals surface area (Å²) in [7, 11) is 1.56. The van der Waals surface area contributed by atoms with Crippen LogP contribution in [0.2, 0.25) is 0 Å². The van der Waals surface area contributed by atoms with Crippen LogP contribution in [0.1, 0.15) is 31.0 Å². The second-order valence-corrected chi connectivity index (χ2v) is 12.3. The lowest BCUT2D eigenvalue weighted by Crippen LogP contribution is -2.48. The Hall–Kier alpha value is -5.26. The van der Waals surface area contributed by atoms with Crippen LogP contribution in [0.15, 0.2) is 85.3 Å². The smallest absolute Gasteiger partial charge is 0.258 e. The monoisotopic (exact) mass is 642 g/mol. The molecule has 0 spiro atoms. The second kappa shape index (κ2) is 13.5. The van der Waals surface area contributed by atoms with Crippen LogP contribution in [-0.4, -0.2) is 92.2 Å². The maximum absolute atomic E-state index is 13.7. The van der Waals surface area contributed by atoms with Gasteiger partial charge in [-0.25, -0.2) is 9.97 Å². The Bertz CT molecular complexity index is 1970. The Labute approximate surface area is 279 Å². The van der Waals surface area contributed by atoms with Gasteiger partial charge in [-0.3, -0.25) is 24.6 Å². The molecule has 0 aliphatic carbocycles. The second-order valence-electron chi connectivity index (χ2n) is 12.3. The lowest BCUT2D eigenvalue weighted by Gasteiger charge is -2.30. The van der Waals surface area contributed by atoms with Gasteiger partial charge >= 0.3 is 0 Å². The van der Waals surface area contributed by atoms with Crippen LogP contribution in [0.4, 0.5) is 5.69 Å². The van der Waals surface area contributed by atoms with Gasteiger partial charge in [0.05, 0.1) is 12.1 Å². The Morgan fingerprint density at radius 2 is 1.77 bits per heavy atom. The van der Waals surface area contributed by atoms with E-state index in [1.54, 1.807) is 31.8 Å². The van der Waals surface area contributed by atoms with Gasteiger partial charge in [0.25, 0.3) is 5.91 Å². The minimum Gasteiger partial charge on any atom is -0.367 e. The van der Waals surface area contributed by atoms with Crippen molar-refractivity contribution in [2.45, 2.75) is 31.8 Å². The molecule has 0 unspecified atom stereocenters. The zero-order valence-corrected chi connectivity index (χ0v) is 27.1. The molecule has 2 aromatic carbocycles. The molecule has 2 aliphatic rings. The molecule has 2 N–H and O–H groups in total. The number of carbonyl (C=O) groups excluding carboxylic acids is 2. The van der Waals surface area contributed by atoms with Crippen LogP contribution in [0, 0.1) is 0 Å².